The summed E-state index contributed by atoms with van der Waals surface area (Å²) in [6.07, 6.45) is 3.37. The Balaban J connectivity index is 2.53. The predicted molar refractivity (Wildman–Crippen MR) is 74.8 cm³/mol. The second-order valence-corrected chi connectivity index (χ2v) is 4.84. The fourth-order valence-electron chi connectivity index (χ4n) is 2.44. The van der Waals surface area contributed by atoms with Crippen LogP contribution in [0.4, 0.5) is 0 Å². The molecule has 0 radical (unpaired) electrons. The van der Waals surface area contributed by atoms with Crippen LogP contribution in [0.2, 0.25) is 0 Å². The largest absolute Gasteiger partial charge is 0.361 e. The minimum absolute atomic E-state index is 0.906. The zero-order valence-corrected chi connectivity index (χ0v) is 11.7. The third-order valence-corrected chi connectivity index (χ3v) is 3.32. The Bertz CT molecular complexity index is 521. The van der Waals surface area contributed by atoms with Crippen LogP contribution in [-0.4, -0.2) is 5.16 Å². The Morgan fingerprint density at radius 1 is 1.06 bits per heavy atom. The average molecular weight is 243 g/mol. The molecule has 0 aliphatic rings. The molecule has 2 aromatic rings. The fourth-order valence-corrected chi connectivity index (χ4v) is 2.44. The van der Waals surface area contributed by atoms with Gasteiger partial charge in [-0.25, -0.2) is 0 Å². The van der Waals surface area contributed by atoms with E-state index in [1.807, 2.05) is 13.8 Å². The molecule has 0 fully saturated rings. The number of hydrogen-bond acceptors (Lipinski definition) is 2. The number of benzene rings is 1. The van der Waals surface area contributed by atoms with Gasteiger partial charge in [-0.2, -0.15) is 0 Å². The molecule has 0 amide bonds. The van der Waals surface area contributed by atoms with Crippen molar-refractivity contribution in [2.75, 3.05) is 0 Å². The highest BCUT2D eigenvalue weighted by molar-refractivity contribution is 5.69. The van der Waals surface area contributed by atoms with E-state index >= 15 is 0 Å². The lowest BCUT2D eigenvalue weighted by Crippen LogP contribution is -1.91. The molecule has 0 bridgehead atoms. The van der Waals surface area contributed by atoms with Gasteiger partial charge in [-0.3, -0.25) is 0 Å². The summed E-state index contributed by atoms with van der Waals surface area (Å²) in [6.45, 7) is 8.40. The van der Waals surface area contributed by atoms with E-state index in [0.717, 1.165) is 29.9 Å². The van der Waals surface area contributed by atoms with Crippen LogP contribution in [-0.2, 0) is 12.8 Å². The molecular weight excluding hydrogens is 222 g/mol. The third-order valence-electron chi connectivity index (χ3n) is 3.32. The van der Waals surface area contributed by atoms with Crippen molar-refractivity contribution in [1.29, 1.82) is 0 Å². The molecule has 2 heteroatoms. The van der Waals surface area contributed by atoms with Crippen LogP contribution in [0.25, 0.3) is 11.1 Å². The number of aryl methyl sites for hydroxylation is 4. The average Bonchev–Trinajstić information content (AvgIpc) is 2.69. The summed E-state index contributed by atoms with van der Waals surface area (Å²) >= 11 is 0. The maximum absolute atomic E-state index is 5.27. The first-order chi connectivity index (χ1) is 8.65. The van der Waals surface area contributed by atoms with Gasteiger partial charge < -0.3 is 4.52 Å². The summed E-state index contributed by atoms with van der Waals surface area (Å²) in [7, 11) is 0. The van der Waals surface area contributed by atoms with Gasteiger partial charge in [-0.1, -0.05) is 43.6 Å². The van der Waals surface area contributed by atoms with E-state index in [4.69, 9.17) is 4.52 Å². The van der Waals surface area contributed by atoms with Crippen molar-refractivity contribution in [1.82, 2.24) is 5.16 Å². The van der Waals surface area contributed by atoms with Gasteiger partial charge in [0.1, 0.15) is 5.76 Å². The molecule has 0 aliphatic carbocycles. The lowest BCUT2D eigenvalue weighted by Gasteiger charge is -2.08. The molecule has 96 valence electrons. The Labute approximate surface area is 109 Å². The minimum Gasteiger partial charge on any atom is -0.361 e. The molecule has 0 saturated carbocycles. The van der Waals surface area contributed by atoms with Gasteiger partial charge >= 0.3 is 0 Å². The summed E-state index contributed by atoms with van der Waals surface area (Å²) in [6, 6.07) is 6.84. The first-order valence-electron chi connectivity index (χ1n) is 6.71. The van der Waals surface area contributed by atoms with Crippen LogP contribution >= 0.6 is 0 Å². The molecule has 2 rings (SSSR count). The molecule has 2 nitrogen and oxygen atoms in total. The van der Waals surface area contributed by atoms with Crippen molar-refractivity contribution in [3.8, 4) is 11.1 Å². The highest BCUT2D eigenvalue weighted by atomic mass is 16.5. The van der Waals surface area contributed by atoms with Gasteiger partial charge in [-0.05, 0) is 43.4 Å². The van der Waals surface area contributed by atoms with E-state index in [2.05, 4.69) is 37.2 Å². The Hall–Kier alpha value is -1.57. The molecule has 1 heterocycles. The highest BCUT2D eigenvalue weighted by Crippen LogP contribution is 2.29. The summed E-state index contributed by atoms with van der Waals surface area (Å²) in [5.74, 6) is 0.906. The van der Waals surface area contributed by atoms with Gasteiger partial charge in [0.15, 0.2) is 0 Å². The Morgan fingerprint density at radius 2 is 1.78 bits per heavy atom. The van der Waals surface area contributed by atoms with Gasteiger partial charge in [0.2, 0.25) is 0 Å². The third kappa shape index (κ3) is 2.47. The van der Waals surface area contributed by atoms with Crippen LogP contribution in [0.3, 0.4) is 0 Å². The molecule has 0 aliphatic heterocycles. The van der Waals surface area contributed by atoms with Crippen molar-refractivity contribution >= 4 is 0 Å². The number of rotatable bonds is 4. The molecule has 0 atom stereocenters. The molecule has 1 aromatic carbocycles. The smallest absolute Gasteiger partial charge is 0.141 e. The van der Waals surface area contributed by atoms with Gasteiger partial charge in [0, 0.05) is 5.56 Å². The van der Waals surface area contributed by atoms with Crippen molar-refractivity contribution in [2.45, 2.75) is 47.0 Å². The van der Waals surface area contributed by atoms with Crippen molar-refractivity contribution in [3.05, 3.63) is 40.8 Å². The van der Waals surface area contributed by atoms with E-state index in [1.165, 1.54) is 23.1 Å². The molecule has 0 N–H and O–H groups in total. The van der Waals surface area contributed by atoms with Crippen LogP contribution in [0, 0.1) is 13.8 Å². The molecule has 18 heavy (non-hydrogen) atoms. The highest BCUT2D eigenvalue weighted by Gasteiger charge is 2.12. The first-order valence-corrected chi connectivity index (χ1v) is 6.71. The maximum atomic E-state index is 5.27. The van der Waals surface area contributed by atoms with Gasteiger partial charge in [0.05, 0.1) is 5.69 Å². The van der Waals surface area contributed by atoms with Gasteiger partial charge in [-0.15, -0.1) is 0 Å². The zero-order chi connectivity index (χ0) is 13.1. The summed E-state index contributed by atoms with van der Waals surface area (Å²) in [5.41, 5.74) is 6.17. The quantitative estimate of drug-likeness (QED) is 0.791. The first kappa shape index (κ1) is 12.9. The van der Waals surface area contributed by atoms with Crippen LogP contribution in [0.1, 0.15) is 42.8 Å². The SMILES string of the molecule is CCCc1cc(CC)cc(-c2c(C)noc2C)c1. The zero-order valence-electron chi connectivity index (χ0n) is 11.7. The lowest BCUT2D eigenvalue weighted by molar-refractivity contribution is 0.393. The Morgan fingerprint density at radius 3 is 2.33 bits per heavy atom. The monoisotopic (exact) mass is 243 g/mol. The summed E-state index contributed by atoms with van der Waals surface area (Å²) in [5, 5.41) is 4.05. The topological polar surface area (TPSA) is 26.0 Å². The van der Waals surface area contributed by atoms with Crippen molar-refractivity contribution in [3.63, 3.8) is 0 Å². The minimum atomic E-state index is 0.906. The second-order valence-electron chi connectivity index (χ2n) is 4.84. The van der Waals surface area contributed by atoms with E-state index in [0.29, 0.717) is 0 Å². The molecule has 1 aromatic heterocycles. The Kier molecular flexibility index (Phi) is 3.85. The summed E-state index contributed by atoms with van der Waals surface area (Å²) < 4.78 is 5.27. The van der Waals surface area contributed by atoms with E-state index in [-0.39, 0.29) is 0 Å². The normalized spacial score (nSPS) is 10.9. The standard InChI is InChI=1S/C16H21NO/c1-5-7-14-8-13(6-2)9-15(10-14)16-11(3)17-18-12(16)4/h8-10H,5-7H2,1-4H3. The van der Waals surface area contributed by atoms with Crippen molar-refractivity contribution in [2.24, 2.45) is 0 Å². The van der Waals surface area contributed by atoms with Crippen LogP contribution < -0.4 is 0 Å². The van der Waals surface area contributed by atoms with Gasteiger partial charge in [0.25, 0.3) is 0 Å². The molecule has 0 unspecified atom stereocenters. The van der Waals surface area contributed by atoms with Crippen molar-refractivity contribution < 1.29 is 4.52 Å². The number of nitrogens with zero attached hydrogens (tertiary/aromatic N) is 1. The number of hydrogen-bond donors (Lipinski definition) is 0. The molecule has 0 spiro atoms. The molecule has 0 saturated heterocycles. The summed E-state index contributed by atoms with van der Waals surface area (Å²) in [4.78, 5) is 0. The van der Waals surface area contributed by atoms with E-state index in [9.17, 15) is 0 Å². The van der Waals surface area contributed by atoms with E-state index in [1.54, 1.807) is 0 Å². The number of aromatic nitrogens is 1. The molecular formula is C16H21NO. The maximum Gasteiger partial charge on any atom is 0.141 e. The lowest BCUT2D eigenvalue weighted by atomic mass is 9.96. The predicted octanol–water partition coefficient (Wildman–Crippen LogP) is 4.47. The second kappa shape index (κ2) is 5.38. The van der Waals surface area contributed by atoms with Crippen LogP contribution in [0.15, 0.2) is 22.7 Å². The van der Waals surface area contributed by atoms with E-state index < -0.39 is 0 Å². The fraction of sp³-hybridized carbons (Fsp3) is 0.438. The van der Waals surface area contributed by atoms with Crippen LogP contribution in [0.5, 0.6) is 0 Å².